The number of hydrogen-bond donors (Lipinski definition) is 0. The summed E-state index contributed by atoms with van der Waals surface area (Å²) < 4.78 is 6.56. The molecule has 5 nitrogen and oxygen atoms in total. The Balaban J connectivity index is 2.24. The van der Waals surface area contributed by atoms with E-state index in [4.69, 9.17) is 4.74 Å². The molecule has 0 amide bonds. The van der Waals surface area contributed by atoms with Gasteiger partial charge < -0.3 is 4.74 Å². The number of hydrogen-bond acceptors (Lipinski definition) is 4. The fourth-order valence-electron chi connectivity index (χ4n) is 1.76. The highest BCUT2D eigenvalue weighted by Crippen LogP contribution is 2.18. The van der Waals surface area contributed by atoms with Crippen LogP contribution in [0.15, 0.2) is 49.2 Å². The van der Waals surface area contributed by atoms with Crippen molar-refractivity contribution in [1.29, 1.82) is 0 Å². The Hall–Kier alpha value is -2.43. The monoisotopic (exact) mass is 257 g/mol. The van der Waals surface area contributed by atoms with Gasteiger partial charge >= 0.3 is 5.97 Å². The van der Waals surface area contributed by atoms with Crippen molar-refractivity contribution in [3.05, 3.63) is 60.4 Å². The number of nitrogens with zero attached hydrogens (tertiary/aromatic N) is 3. The normalized spacial score (nSPS) is 11.8. The maximum absolute atomic E-state index is 11.9. The second kappa shape index (κ2) is 5.95. The quantitative estimate of drug-likeness (QED) is 0.609. The number of carbonyl (C=O) groups excluding carboxylic acids is 1. The van der Waals surface area contributed by atoms with E-state index in [1.54, 1.807) is 4.68 Å². The van der Waals surface area contributed by atoms with E-state index in [2.05, 4.69) is 16.9 Å². The largest absolute Gasteiger partial charge is 0.457 e. The molecule has 0 aliphatic carbocycles. The maximum atomic E-state index is 11.9. The second-order valence-corrected chi connectivity index (χ2v) is 4.04. The molecule has 0 aliphatic rings. The van der Waals surface area contributed by atoms with Crippen LogP contribution in [-0.4, -0.2) is 27.6 Å². The van der Waals surface area contributed by atoms with Crippen molar-refractivity contribution < 1.29 is 9.53 Å². The number of esters is 1. The molecule has 0 bridgehead atoms. The van der Waals surface area contributed by atoms with Gasteiger partial charge in [-0.05, 0) is 12.5 Å². The molecule has 98 valence electrons. The van der Waals surface area contributed by atoms with Gasteiger partial charge in [0.2, 0.25) is 0 Å². The third-order valence-corrected chi connectivity index (χ3v) is 2.77. The van der Waals surface area contributed by atoms with Gasteiger partial charge in [-0.3, -0.25) is 0 Å². The minimum absolute atomic E-state index is 0.0880. The molecule has 19 heavy (non-hydrogen) atoms. The van der Waals surface area contributed by atoms with Crippen molar-refractivity contribution in [2.75, 3.05) is 6.61 Å². The van der Waals surface area contributed by atoms with Gasteiger partial charge in [-0.2, -0.15) is 0 Å². The van der Waals surface area contributed by atoms with Crippen molar-refractivity contribution in [3.63, 3.8) is 0 Å². The Morgan fingerprint density at radius 3 is 2.89 bits per heavy atom. The summed E-state index contributed by atoms with van der Waals surface area (Å²) in [4.78, 5) is 11.9. The van der Waals surface area contributed by atoms with Gasteiger partial charge in [0.05, 0.1) is 12.2 Å². The van der Waals surface area contributed by atoms with Crippen molar-refractivity contribution in [2.45, 2.75) is 13.0 Å². The predicted octanol–water partition coefficient (Wildman–Crippen LogP) is 2.23. The molecule has 1 heterocycles. The molecule has 1 aromatic carbocycles. The van der Waals surface area contributed by atoms with Crippen LogP contribution in [0.5, 0.6) is 0 Å². The molecule has 2 aromatic rings. The van der Waals surface area contributed by atoms with Crippen molar-refractivity contribution in [3.8, 4) is 0 Å². The number of aromatic nitrogens is 3. The molecule has 2 rings (SSSR count). The van der Waals surface area contributed by atoms with E-state index in [0.717, 1.165) is 5.56 Å². The highest BCUT2D eigenvalue weighted by Gasteiger charge is 2.19. The third-order valence-electron chi connectivity index (χ3n) is 2.77. The zero-order chi connectivity index (χ0) is 13.7. The Morgan fingerprint density at radius 2 is 2.21 bits per heavy atom. The average Bonchev–Trinajstić information content (AvgIpc) is 2.94. The van der Waals surface area contributed by atoms with Gasteiger partial charge in [0.15, 0.2) is 5.69 Å². The Morgan fingerprint density at radius 1 is 1.47 bits per heavy atom. The summed E-state index contributed by atoms with van der Waals surface area (Å²) in [5.41, 5.74) is 1.38. The average molecular weight is 257 g/mol. The molecule has 0 fully saturated rings. The molecule has 0 saturated heterocycles. The van der Waals surface area contributed by atoms with Gasteiger partial charge in [-0.1, -0.05) is 48.2 Å². The molecule has 0 aliphatic heterocycles. The fraction of sp³-hybridized carbons (Fsp3) is 0.214. The molecule has 0 unspecified atom stereocenters. The van der Waals surface area contributed by atoms with Crippen LogP contribution in [0.3, 0.4) is 0 Å². The minimum Gasteiger partial charge on any atom is -0.457 e. The van der Waals surface area contributed by atoms with Crippen LogP contribution in [-0.2, 0) is 4.74 Å². The van der Waals surface area contributed by atoms with Crippen LogP contribution >= 0.6 is 0 Å². The highest BCUT2D eigenvalue weighted by atomic mass is 16.5. The van der Waals surface area contributed by atoms with Gasteiger partial charge in [-0.15, -0.1) is 5.10 Å². The molecule has 5 heteroatoms. The van der Waals surface area contributed by atoms with E-state index in [1.807, 2.05) is 37.3 Å². The first-order valence-electron chi connectivity index (χ1n) is 5.97. The minimum atomic E-state index is -0.451. The molecule has 0 saturated carbocycles. The molecular weight excluding hydrogens is 242 g/mol. The summed E-state index contributed by atoms with van der Waals surface area (Å²) in [7, 11) is 0. The van der Waals surface area contributed by atoms with E-state index < -0.39 is 5.97 Å². The Labute approximate surface area is 111 Å². The molecule has 0 radical (unpaired) electrons. The maximum Gasteiger partial charge on any atom is 0.358 e. The van der Waals surface area contributed by atoms with E-state index in [9.17, 15) is 4.79 Å². The van der Waals surface area contributed by atoms with Crippen LogP contribution in [0.1, 0.15) is 29.0 Å². The summed E-state index contributed by atoms with van der Waals surface area (Å²) in [6.45, 7) is 5.63. The number of ether oxygens (including phenoxy) is 1. The van der Waals surface area contributed by atoms with Crippen LogP contribution in [0.2, 0.25) is 0 Å². The summed E-state index contributed by atoms with van der Waals surface area (Å²) in [5, 5.41) is 7.75. The highest BCUT2D eigenvalue weighted by molar-refractivity contribution is 5.87. The Bertz CT molecular complexity index is 563. The zero-order valence-corrected chi connectivity index (χ0v) is 10.7. The van der Waals surface area contributed by atoms with Crippen LogP contribution < -0.4 is 0 Å². The number of carbonyl (C=O) groups is 1. The Kier molecular flexibility index (Phi) is 4.07. The molecule has 1 atom stereocenters. The lowest BCUT2D eigenvalue weighted by Crippen LogP contribution is -2.17. The second-order valence-electron chi connectivity index (χ2n) is 4.04. The van der Waals surface area contributed by atoms with E-state index >= 15 is 0 Å². The van der Waals surface area contributed by atoms with Crippen molar-refractivity contribution in [2.24, 2.45) is 0 Å². The van der Waals surface area contributed by atoms with Gasteiger partial charge in [0, 0.05) is 0 Å². The van der Waals surface area contributed by atoms with Crippen LogP contribution in [0.4, 0.5) is 0 Å². The SMILES string of the molecule is C=CCOC(=O)c1cnnn1[C@H](C)c1ccccc1. The van der Waals surface area contributed by atoms with Gasteiger partial charge in [-0.25, -0.2) is 9.48 Å². The van der Waals surface area contributed by atoms with Crippen molar-refractivity contribution in [1.82, 2.24) is 15.0 Å². The fourth-order valence-corrected chi connectivity index (χ4v) is 1.76. The summed E-state index contributed by atoms with van der Waals surface area (Å²) in [6, 6.07) is 9.69. The molecular formula is C14H15N3O2. The number of benzene rings is 1. The van der Waals surface area contributed by atoms with Crippen molar-refractivity contribution >= 4 is 5.97 Å². The van der Waals surface area contributed by atoms with E-state index in [-0.39, 0.29) is 12.6 Å². The standard InChI is InChI=1S/C14H15N3O2/c1-3-9-19-14(18)13-10-15-16-17(13)11(2)12-7-5-4-6-8-12/h3-8,10-11H,1,9H2,2H3/t11-/m1/s1. The predicted molar refractivity (Wildman–Crippen MR) is 70.8 cm³/mol. The first kappa shape index (κ1) is 13.0. The first-order valence-corrected chi connectivity index (χ1v) is 5.97. The molecule has 0 spiro atoms. The topological polar surface area (TPSA) is 57.0 Å². The van der Waals surface area contributed by atoms with Crippen LogP contribution in [0, 0.1) is 0 Å². The lowest BCUT2D eigenvalue weighted by Gasteiger charge is -2.14. The summed E-state index contributed by atoms with van der Waals surface area (Å²) >= 11 is 0. The first-order chi connectivity index (χ1) is 9.24. The summed E-state index contributed by atoms with van der Waals surface area (Å²) in [6.07, 6.45) is 2.93. The number of rotatable bonds is 5. The van der Waals surface area contributed by atoms with Gasteiger partial charge in [0.1, 0.15) is 6.61 Å². The summed E-state index contributed by atoms with van der Waals surface area (Å²) in [5.74, 6) is -0.451. The molecule has 1 aromatic heterocycles. The van der Waals surface area contributed by atoms with E-state index in [0.29, 0.717) is 5.69 Å². The lowest BCUT2D eigenvalue weighted by molar-refractivity contribution is 0.0534. The smallest absolute Gasteiger partial charge is 0.358 e. The third kappa shape index (κ3) is 2.88. The molecule has 0 N–H and O–H groups in total. The van der Waals surface area contributed by atoms with E-state index in [1.165, 1.54) is 12.3 Å². The van der Waals surface area contributed by atoms with Crippen LogP contribution in [0.25, 0.3) is 0 Å². The lowest BCUT2D eigenvalue weighted by atomic mass is 10.1. The zero-order valence-electron chi connectivity index (χ0n) is 10.7. The van der Waals surface area contributed by atoms with Gasteiger partial charge in [0.25, 0.3) is 0 Å².